The molecule has 0 amide bonds. The zero-order chi connectivity index (χ0) is 13.0. The van der Waals surface area contributed by atoms with E-state index in [9.17, 15) is 0 Å². The Hall–Kier alpha value is -2.13. The number of rotatable bonds is 3. The molecule has 3 nitrogen and oxygen atoms in total. The van der Waals surface area contributed by atoms with E-state index in [4.69, 9.17) is 11.1 Å². The summed E-state index contributed by atoms with van der Waals surface area (Å²) in [6.45, 7) is 1.88. The Morgan fingerprint density at radius 1 is 1.00 bits per heavy atom. The summed E-state index contributed by atoms with van der Waals surface area (Å²) in [7, 11) is 0. The first-order valence-corrected chi connectivity index (χ1v) is 5.94. The van der Waals surface area contributed by atoms with E-state index in [1.54, 1.807) is 0 Å². The van der Waals surface area contributed by atoms with E-state index in [-0.39, 0.29) is 6.17 Å². The number of para-hydroxylation sites is 1. The zero-order valence-corrected chi connectivity index (χ0v) is 10.4. The molecule has 0 saturated heterocycles. The van der Waals surface area contributed by atoms with Crippen molar-refractivity contribution >= 4 is 11.5 Å². The van der Waals surface area contributed by atoms with Gasteiger partial charge < -0.3 is 10.6 Å². The number of benzene rings is 2. The van der Waals surface area contributed by atoms with Crippen LogP contribution in [-0.4, -0.2) is 12.0 Å². The largest absolute Gasteiger partial charge is 0.311 e. The maximum atomic E-state index is 8.30. The molecule has 18 heavy (non-hydrogen) atoms. The Bertz CT molecular complexity index is 506. The van der Waals surface area contributed by atoms with E-state index in [2.05, 4.69) is 0 Å². The average molecular weight is 239 g/mol. The van der Waals surface area contributed by atoms with Crippen molar-refractivity contribution in [2.45, 2.75) is 13.1 Å². The van der Waals surface area contributed by atoms with Gasteiger partial charge in [-0.2, -0.15) is 0 Å². The third-order valence-corrected chi connectivity index (χ3v) is 2.73. The summed E-state index contributed by atoms with van der Waals surface area (Å²) in [6, 6.07) is 19.4. The van der Waals surface area contributed by atoms with Gasteiger partial charge in [-0.15, -0.1) is 0 Å². The molecule has 0 radical (unpaired) electrons. The van der Waals surface area contributed by atoms with Gasteiger partial charge in [-0.25, -0.2) is 0 Å². The lowest BCUT2D eigenvalue weighted by atomic mass is 10.1. The van der Waals surface area contributed by atoms with Crippen LogP contribution in [0.3, 0.4) is 0 Å². The normalized spacial score (nSPS) is 11.9. The SMILES string of the molecule is CC(N)N(C(=N)c1ccccc1)c1ccccc1. The number of hydrogen-bond acceptors (Lipinski definition) is 2. The van der Waals surface area contributed by atoms with Crippen LogP contribution in [0.2, 0.25) is 0 Å². The third-order valence-electron chi connectivity index (χ3n) is 2.73. The number of anilines is 1. The molecule has 0 heterocycles. The van der Waals surface area contributed by atoms with E-state index >= 15 is 0 Å². The molecule has 1 atom stereocenters. The summed E-state index contributed by atoms with van der Waals surface area (Å²) in [5.74, 6) is 0.414. The van der Waals surface area contributed by atoms with E-state index in [1.165, 1.54) is 0 Å². The quantitative estimate of drug-likeness (QED) is 0.491. The molecule has 0 aliphatic carbocycles. The second-order valence-corrected chi connectivity index (χ2v) is 4.16. The molecule has 2 aromatic rings. The molecular formula is C15H17N3. The molecule has 3 heteroatoms. The van der Waals surface area contributed by atoms with Gasteiger partial charge in [-0.05, 0) is 19.1 Å². The Morgan fingerprint density at radius 3 is 2.00 bits per heavy atom. The molecule has 3 N–H and O–H groups in total. The minimum atomic E-state index is -0.250. The molecule has 0 aliphatic rings. The monoisotopic (exact) mass is 239 g/mol. The molecule has 0 fully saturated rings. The van der Waals surface area contributed by atoms with Crippen LogP contribution in [0.4, 0.5) is 5.69 Å². The lowest BCUT2D eigenvalue weighted by Crippen LogP contribution is -2.44. The van der Waals surface area contributed by atoms with Gasteiger partial charge in [0.2, 0.25) is 0 Å². The van der Waals surface area contributed by atoms with Crippen molar-refractivity contribution < 1.29 is 0 Å². The molecule has 2 aromatic carbocycles. The van der Waals surface area contributed by atoms with Crippen LogP contribution in [0.25, 0.3) is 0 Å². The molecule has 0 aliphatic heterocycles. The van der Waals surface area contributed by atoms with Crippen molar-refractivity contribution in [3.63, 3.8) is 0 Å². The fourth-order valence-electron chi connectivity index (χ4n) is 1.89. The average Bonchev–Trinajstić information content (AvgIpc) is 2.40. The summed E-state index contributed by atoms with van der Waals surface area (Å²) in [4.78, 5) is 1.81. The van der Waals surface area contributed by atoms with E-state index in [0.29, 0.717) is 5.84 Å². The topological polar surface area (TPSA) is 53.1 Å². The summed E-state index contributed by atoms with van der Waals surface area (Å²) in [5.41, 5.74) is 7.78. The molecule has 2 rings (SSSR count). The number of nitrogens with zero attached hydrogens (tertiary/aromatic N) is 1. The minimum Gasteiger partial charge on any atom is -0.311 e. The van der Waals surface area contributed by atoms with E-state index in [1.807, 2.05) is 72.5 Å². The molecule has 92 valence electrons. The Labute approximate surface area is 107 Å². The molecule has 0 spiro atoms. The van der Waals surface area contributed by atoms with Crippen molar-refractivity contribution in [2.24, 2.45) is 5.73 Å². The molecular weight excluding hydrogens is 222 g/mol. The fraction of sp³-hybridized carbons (Fsp3) is 0.133. The summed E-state index contributed by atoms with van der Waals surface area (Å²) in [5, 5.41) is 8.30. The summed E-state index contributed by atoms with van der Waals surface area (Å²) < 4.78 is 0. The second kappa shape index (κ2) is 5.47. The van der Waals surface area contributed by atoms with E-state index in [0.717, 1.165) is 11.3 Å². The summed E-state index contributed by atoms with van der Waals surface area (Å²) >= 11 is 0. The maximum Gasteiger partial charge on any atom is 0.133 e. The highest BCUT2D eigenvalue weighted by Crippen LogP contribution is 2.18. The van der Waals surface area contributed by atoms with Crippen molar-refractivity contribution in [1.82, 2.24) is 0 Å². The Kier molecular flexibility index (Phi) is 3.75. The van der Waals surface area contributed by atoms with Crippen LogP contribution in [0, 0.1) is 5.41 Å². The second-order valence-electron chi connectivity index (χ2n) is 4.16. The predicted octanol–water partition coefficient (Wildman–Crippen LogP) is 2.82. The number of hydrogen-bond donors (Lipinski definition) is 2. The third kappa shape index (κ3) is 2.57. The first-order chi connectivity index (χ1) is 8.70. The van der Waals surface area contributed by atoms with Crippen LogP contribution in [0.5, 0.6) is 0 Å². The Morgan fingerprint density at radius 2 is 1.50 bits per heavy atom. The number of nitrogens with two attached hydrogens (primary N) is 1. The Balaban J connectivity index is 2.35. The van der Waals surface area contributed by atoms with Gasteiger partial charge in [-0.1, -0.05) is 48.5 Å². The highest BCUT2D eigenvalue weighted by molar-refractivity contribution is 6.08. The lowest BCUT2D eigenvalue weighted by Gasteiger charge is -2.29. The minimum absolute atomic E-state index is 0.250. The zero-order valence-electron chi connectivity index (χ0n) is 10.4. The van der Waals surface area contributed by atoms with Crippen LogP contribution >= 0.6 is 0 Å². The predicted molar refractivity (Wildman–Crippen MR) is 75.8 cm³/mol. The van der Waals surface area contributed by atoms with E-state index < -0.39 is 0 Å². The van der Waals surface area contributed by atoms with Crippen molar-refractivity contribution in [3.8, 4) is 0 Å². The highest BCUT2D eigenvalue weighted by Gasteiger charge is 2.16. The van der Waals surface area contributed by atoms with Crippen molar-refractivity contribution in [2.75, 3.05) is 4.90 Å². The molecule has 0 saturated carbocycles. The fourth-order valence-corrected chi connectivity index (χ4v) is 1.89. The summed E-state index contributed by atoms with van der Waals surface area (Å²) in [6.07, 6.45) is -0.250. The standard InChI is InChI=1S/C15H17N3/c1-12(16)18(14-10-6-3-7-11-14)15(17)13-8-4-2-5-9-13/h2-12,17H,16H2,1H3. The van der Waals surface area contributed by atoms with Gasteiger partial charge in [0.15, 0.2) is 0 Å². The van der Waals surface area contributed by atoms with Gasteiger partial charge >= 0.3 is 0 Å². The van der Waals surface area contributed by atoms with Gasteiger partial charge in [0, 0.05) is 11.3 Å². The van der Waals surface area contributed by atoms with Gasteiger partial charge in [0.05, 0.1) is 6.17 Å². The van der Waals surface area contributed by atoms with Crippen LogP contribution in [0.15, 0.2) is 60.7 Å². The van der Waals surface area contributed by atoms with Crippen LogP contribution in [-0.2, 0) is 0 Å². The van der Waals surface area contributed by atoms with Crippen LogP contribution < -0.4 is 10.6 Å². The molecule has 1 unspecified atom stereocenters. The lowest BCUT2D eigenvalue weighted by molar-refractivity contribution is 0.765. The van der Waals surface area contributed by atoms with Crippen molar-refractivity contribution in [1.29, 1.82) is 5.41 Å². The molecule has 0 bridgehead atoms. The first-order valence-electron chi connectivity index (χ1n) is 5.94. The first kappa shape index (κ1) is 12.3. The van der Waals surface area contributed by atoms with Crippen LogP contribution in [0.1, 0.15) is 12.5 Å². The van der Waals surface area contributed by atoms with Gasteiger partial charge in [0.25, 0.3) is 0 Å². The smallest absolute Gasteiger partial charge is 0.133 e. The van der Waals surface area contributed by atoms with Gasteiger partial charge in [0.1, 0.15) is 5.84 Å². The molecule has 0 aromatic heterocycles. The highest BCUT2D eigenvalue weighted by atomic mass is 15.2. The maximum absolute atomic E-state index is 8.30. The van der Waals surface area contributed by atoms with Crippen molar-refractivity contribution in [3.05, 3.63) is 66.2 Å². The van der Waals surface area contributed by atoms with Gasteiger partial charge in [-0.3, -0.25) is 5.41 Å². The number of nitrogens with one attached hydrogen (secondary N) is 1. The number of amidine groups is 1.